The van der Waals surface area contributed by atoms with Gasteiger partial charge in [-0.25, -0.2) is 10.1 Å². The lowest BCUT2D eigenvalue weighted by Crippen LogP contribution is -2.19. The summed E-state index contributed by atoms with van der Waals surface area (Å²) in [6.07, 6.45) is 1.31. The Bertz CT molecular complexity index is 1640. The number of nitro benzene ring substituents is 1. The number of nitrogens with zero attached hydrogens (tertiary/aromatic N) is 7. The van der Waals surface area contributed by atoms with E-state index in [-0.39, 0.29) is 34.5 Å². The number of carbonyl (C=O) groups is 1. The monoisotopic (exact) mass is 485 g/mol. The molecule has 3 aromatic carbocycles. The number of benzene rings is 3. The number of nitrogens with two attached hydrogens (primary N) is 1. The molecule has 14 heteroatoms. The van der Waals surface area contributed by atoms with Crippen LogP contribution in [0.15, 0.2) is 70.4 Å². The molecule has 0 fully saturated rings. The zero-order valence-electron chi connectivity index (χ0n) is 18.1. The summed E-state index contributed by atoms with van der Waals surface area (Å²) in [5.41, 5.74) is 8.70. The molecule has 14 nitrogen and oxygen atoms in total. The molecule has 0 unspecified atom stereocenters. The maximum Gasteiger partial charge on any atom is 0.294 e. The van der Waals surface area contributed by atoms with Gasteiger partial charge in [0.05, 0.1) is 11.1 Å². The first-order valence-corrected chi connectivity index (χ1v) is 10.3. The summed E-state index contributed by atoms with van der Waals surface area (Å²) in [6, 6.07) is 16.0. The SMILES string of the molecule is Nc1nonc1-n1nnc(C(=O)N/N=C\c2c(O)ccc3ccccc23)c1-c1ccc([N+](=O)[O-])cc1. The van der Waals surface area contributed by atoms with E-state index < -0.39 is 10.8 Å². The van der Waals surface area contributed by atoms with E-state index in [1.807, 2.05) is 24.3 Å². The highest BCUT2D eigenvalue weighted by atomic mass is 16.6. The van der Waals surface area contributed by atoms with Crippen molar-refractivity contribution in [3.63, 3.8) is 0 Å². The highest BCUT2D eigenvalue weighted by molar-refractivity contribution is 6.03. The van der Waals surface area contributed by atoms with Gasteiger partial charge in [0.1, 0.15) is 11.4 Å². The topological polar surface area (TPSA) is 200 Å². The molecule has 1 amide bonds. The van der Waals surface area contributed by atoms with Crippen molar-refractivity contribution in [3.05, 3.63) is 82.0 Å². The van der Waals surface area contributed by atoms with Crippen LogP contribution in [0, 0.1) is 10.1 Å². The number of hydrazone groups is 1. The van der Waals surface area contributed by atoms with Gasteiger partial charge in [0.15, 0.2) is 5.69 Å². The van der Waals surface area contributed by atoms with Crippen LogP contribution >= 0.6 is 0 Å². The van der Waals surface area contributed by atoms with Gasteiger partial charge in [0.2, 0.25) is 11.6 Å². The van der Waals surface area contributed by atoms with Gasteiger partial charge in [-0.1, -0.05) is 35.5 Å². The van der Waals surface area contributed by atoms with Crippen LogP contribution < -0.4 is 11.2 Å². The molecule has 2 heterocycles. The number of hydrogen-bond donors (Lipinski definition) is 3. The Kier molecular flexibility index (Phi) is 5.50. The zero-order chi connectivity index (χ0) is 25.2. The van der Waals surface area contributed by atoms with E-state index >= 15 is 0 Å². The average Bonchev–Trinajstić information content (AvgIpc) is 3.51. The zero-order valence-corrected chi connectivity index (χ0v) is 18.1. The molecule has 0 bridgehead atoms. The number of phenols is 1. The van der Waals surface area contributed by atoms with Gasteiger partial charge in [-0.05, 0) is 39.3 Å². The molecule has 5 aromatic rings. The number of fused-ring (bicyclic) bond motifs is 1. The summed E-state index contributed by atoms with van der Waals surface area (Å²) in [4.78, 5) is 23.5. The average molecular weight is 485 g/mol. The molecular weight excluding hydrogens is 470 g/mol. The lowest BCUT2D eigenvalue weighted by atomic mass is 10.0. The number of rotatable bonds is 6. The molecule has 0 atom stereocenters. The van der Waals surface area contributed by atoms with Crippen LogP contribution in [0.25, 0.3) is 27.8 Å². The second-order valence-electron chi connectivity index (χ2n) is 7.39. The van der Waals surface area contributed by atoms with Crippen molar-refractivity contribution in [2.45, 2.75) is 0 Å². The number of aromatic nitrogens is 5. The molecule has 0 saturated heterocycles. The molecule has 36 heavy (non-hydrogen) atoms. The van der Waals surface area contributed by atoms with E-state index in [1.54, 1.807) is 6.07 Å². The Morgan fingerprint density at radius 2 is 1.92 bits per heavy atom. The minimum absolute atomic E-state index is 0.0155. The third-order valence-electron chi connectivity index (χ3n) is 5.24. The summed E-state index contributed by atoms with van der Waals surface area (Å²) in [7, 11) is 0. The van der Waals surface area contributed by atoms with Crippen LogP contribution in [0.2, 0.25) is 0 Å². The van der Waals surface area contributed by atoms with Crippen molar-refractivity contribution in [1.82, 2.24) is 30.7 Å². The quantitative estimate of drug-likeness (QED) is 0.182. The van der Waals surface area contributed by atoms with Gasteiger partial charge in [-0.2, -0.15) is 9.78 Å². The molecule has 0 aliphatic heterocycles. The molecule has 0 spiro atoms. The summed E-state index contributed by atoms with van der Waals surface area (Å²) in [5.74, 6) is -0.905. The molecule has 4 N–H and O–H groups in total. The molecule has 0 aliphatic rings. The van der Waals surface area contributed by atoms with E-state index in [2.05, 4.69) is 35.8 Å². The van der Waals surface area contributed by atoms with Gasteiger partial charge in [-0.15, -0.1) is 5.10 Å². The predicted octanol–water partition coefficient (Wildman–Crippen LogP) is 2.43. The molecule has 0 aliphatic carbocycles. The summed E-state index contributed by atoms with van der Waals surface area (Å²) < 4.78 is 5.75. The number of non-ortho nitro benzene ring substituents is 1. The lowest BCUT2D eigenvalue weighted by Gasteiger charge is -2.06. The molecule has 0 radical (unpaired) electrons. The maximum atomic E-state index is 13.0. The van der Waals surface area contributed by atoms with Crippen LogP contribution in [-0.2, 0) is 0 Å². The van der Waals surface area contributed by atoms with Gasteiger partial charge >= 0.3 is 0 Å². The smallest absolute Gasteiger partial charge is 0.294 e. The Labute approximate surface area is 200 Å². The Morgan fingerprint density at radius 3 is 2.64 bits per heavy atom. The van der Waals surface area contributed by atoms with Crippen molar-refractivity contribution in [3.8, 4) is 22.8 Å². The van der Waals surface area contributed by atoms with E-state index in [4.69, 9.17) is 5.73 Å². The second-order valence-corrected chi connectivity index (χ2v) is 7.39. The van der Waals surface area contributed by atoms with Gasteiger partial charge in [0.25, 0.3) is 11.6 Å². The predicted molar refractivity (Wildman–Crippen MR) is 126 cm³/mol. The van der Waals surface area contributed by atoms with Crippen molar-refractivity contribution >= 4 is 34.4 Å². The van der Waals surface area contributed by atoms with E-state index in [1.165, 1.54) is 36.5 Å². The van der Waals surface area contributed by atoms with Gasteiger partial charge < -0.3 is 10.8 Å². The van der Waals surface area contributed by atoms with Gasteiger partial charge in [-0.3, -0.25) is 14.9 Å². The minimum atomic E-state index is -0.749. The van der Waals surface area contributed by atoms with Crippen molar-refractivity contribution in [2.24, 2.45) is 5.10 Å². The Balaban J connectivity index is 1.51. The number of phenolic OH excluding ortho intramolecular Hbond substituents is 1. The minimum Gasteiger partial charge on any atom is -0.507 e. The number of carbonyl (C=O) groups excluding carboxylic acids is 1. The fourth-order valence-electron chi connectivity index (χ4n) is 3.55. The van der Waals surface area contributed by atoms with Crippen LogP contribution in [-0.4, -0.2) is 47.5 Å². The standard InChI is InChI=1S/C22H15N9O5/c23-20-21(28-36-27-20)30-19(13-5-8-14(9-6-13)31(34)35)18(25-29-30)22(33)26-24-11-16-15-4-2-1-3-12(15)7-10-17(16)32/h1-11,32H,(H2,23,27)(H,26,33)/b24-11-. The number of nitrogens with one attached hydrogen (secondary N) is 1. The lowest BCUT2D eigenvalue weighted by molar-refractivity contribution is -0.384. The van der Waals surface area contributed by atoms with Crippen molar-refractivity contribution < 1.29 is 19.5 Å². The van der Waals surface area contributed by atoms with E-state index in [0.29, 0.717) is 11.1 Å². The Morgan fingerprint density at radius 1 is 1.14 bits per heavy atom. The third-order valence-corrected chi connectivity index (χ3v) is 5.24. The van der Waals surface area contributed by atoms with Crippen molar-refractivity contribution in [1.29, 1.82) is 0 Å². The molecule has 5 rings (SSSR count). The fourth-order valence-corrected chi connectivity index (χ4v) is 3.55. The van der Waals surface area contributed by atoms with Crippen molar-refractivity contribution in [2.75, 3.05) is 5.73 Å². The first-order valence-electron chi connectivity index (χ1n) is 10.3. The fraction of sp³-hybridized carbons (Fsp3) is 0. The number of hydrogen-bond acceptors (Lipinski definition) is 11. The van der Waals surface area contributed by atoms with Crippen LogP contribution in [0.5, 0.6) is 5.75 Å². The molecule has 0 saturated carbocycles. The second kappa shape index (κ2) is 8.94. The van der Waals surface area contributed by atoms with Crippen LogP contribution in [0.1, 0.15) is 16.1 Å². The van der Waals surface area contributed by atoms with E-state index in [9.17, 15) is 20.0 Å². The summed E-state index contributed by atoms with van der Waals surface area (Å²) >= 11 is 0. The van der Waals surface area contributed by atoms with Gasteiger partial charge in [0, 0.05) is 23.3 Å². The highest BCUT2D eigenvalue weighted by Gasteiger charge is 2.25. The third kappa shape index (κ3) is 3.94. The number of nitrogen functional groups attached to an aromatic ring is 1. The molecule has 178 valence electrons. The highest BCUT2D eigenvalue weighted by Crippen LogP contribution is 2.28. The normalized spacial score (nSPS) is 11.2. The first-order chi connectivity index (χ1) is 17.4. The van der Waals surface area contributed by atoms with Crippen LogP contribution in [0.4, 0.5) is 11.5 Å². The number of amides is 1. The summed E-state index contributed by atoms with van der Waals surface area (Å²) in [6.45, 7) is 0. The molecule has 2 aromatic heterocycles. The van der Waals surface area contributed by atoms with E-state index in [0.717, 1.165) is 15.5 Å². The Hall–Kier alpha value is -5.66. The maximum absolute atomic E-state index is 13.0. The molecular formula is C22H15N9O5. The summed E-state index contributed by atoms with van der Waals surface area (Å²) in [5, 5.41) is 41.9. The largest absolute Gasteiger partial charge is 0.507 e. The van der Waals surface area contributed by atoms with Crippen LogP contribution in [0.3, 0.4) is 0 Å². The number of aromatic hydroxyl groups is 1. The first kappa shape index (κ1) is 22.1. The number of nitro groups is 1. The number of anilines is 1.